The first-order valence-electron chi connectivity index (χ1n) is 11.4. The van der Waals surface area contributed by atoms with E-state index in [2.05, 4.69) is 14.7 Å². The molecule has 1 aromatic heterocycles. The Hall–Kier alpha value is -3.07. The number of carbonyl (C=O) groups is 1. The predicted molar refractivity (Wildman–Crippen MR) is 127 cm³/mol. The van der Waals surface area contributed by atoms with Crippen LogP contribution in [0.15, 0.2) is 47.5 Å². The number of aromatic nitrogens is 2. The summed E-state index contributed by atoms with van der Waals surface area (Å²) in [5.74, 6) is -1.17. The highest BCUT2D eigenvalue weighted by Crippen LogP contribution is 2.36. The summed E-state index contributed by atoms with van der Waals surface area (Å²) >= 11 is 0. The van der Waals surface area contributed by atoms with Crippen LogP contribution in [0.3, 0.4) is 0 Å². The molecule has 8 nitrogen and oxygen atoms in total. The Bertz CT molecular complexity index is 1310. The Morgan fingerprint density at radius 2 is 1.82 bits per heavy atom. The zero-order valence-corrected chi connectivity index (χ0v) is 19.4. The predicted octanol–water partition coefficient (Wildman–Crippen LogP) is 4.17. The standard InChI is InChI=1S/C24H28N4O4S/c1-16-23(14-25-28(16)18-6-2-3-7-18)33(31,32)26-21-10-11-22(20-9-5-4-8-19(20)21)27-13-12-17(15-27)24(29)30/h4-5,8-11,14,17-18,26H,2-3,6-7,12-13,15H2,1H3,(H,29,30)/t17-/m0/s1. The van der Waals surface area contributed by atoms with Gasteiger partial charge in [0, 0.05) is 29.5 Å². The summed E-state index contributed by atoms with van der Waals surface area (Å²) in [5, 5.41) is 15.4. The van der Waals surface area contributed by atoms with Crippen LogP contribution in [0.1, 0.15) is 43.8 Å². The number of carboxylic acids is 1. The number of sulfonamides is 1. The number of aliphatic carboxylic acids is 1. The van der Waals surface area contributed by atoms with Crippen molar-refractivity contribution < 1.29 is 18.3 Å². The van der Waals surface area contributed by atoms with Gasteiger partial charge in [0.1, 0.15) is 4.90 Å². The van der Waals surface area contributed by atoms with E-state index >= 15 is 0 Å². The van der Waals surface area contributed by atoms with Crippen LogP contribution in [0.4, 0.5) is 11.4 Å². The highest BCUT2D eigenvalue weighted by Gasteiger charge is 2.30. The summed E-state index contributed by atoms with van der Waals surface area (Å²) in [4.78, 5) is 13.7. The van der Waals surface area contributed by atoms with E-state index in [1.807, 2.05) is 41.9 Å². The van der Waals surface area contributed by atoms with Gasteiger partial charge in [-0.05, 0) is 38.3 Å². The smallest absolute Gasteiger partial charge is 0.308 e. The van der Waals surface area contributed by atoms with Gasteiger partial charge in [-0.1, -0.05) is 37.1 Å². The van der Waals surface area contributed by atoms with Crippen LogP contribution in [0.5, 0.6) is 0 Å². The van der Waals surface area contributed by atoms with E-state index in [1.54, 1.807) is 6.07 Å². The minimum Gasteiger partial charge on any atom is -0.481 e. The Morgan fingerprint density at radius 3 is 2.52 bits per heavy atom. The van der Waals surface area contributed by atoms with Gasteiger partial charge in [0.05, 0.1) is 29.5 Å². The molecule has 0 spiro atoms. The molecule has 2 aromatic carbocycles. The minimum atomic E-state index is -3.82. The number of benzene rings is 2. The fourth-order valence-corrected chi connectivity index (χ4v) is 6.46. The van der Waals surface area contributed by atoms with Crippen molar-refractivity contribution in [3.05, 3.63) is 48.3 Å². The third-order valence-electron chi connectivity index (χ3n) is 6.98. The van der Waals surface area contributed by atoms with Gasteiger partial charge in [-0.2, -0.15) is 5.10 Å². The molecule has 2 aliphatic rings. The van der Waals surface area contributed by atoms with E-state index in [4.69, 9.17) is 0 Å². The van der Waals surface area contributed by atoms with Gasteiger partial charge in [0.25, 0.3) is 10.0 Å². The van der Waals surface area contributed by atoms with Gasteiger partial charge in [-0.25, -0.2) is 8.42 Å². The Labute approximate surface area is 193 Å². The van der Waals surface area contributed by atoms with E-state index in [0.717, 1.165) is 42.1 Å². The van der Waals surface area contributed by atoms with Gasteiger partial charge in [-0.15, -0.1) is 0 Å². The maximum Gasteiger partial charge on any atom is 0.308 e. The number of nitrogens with zero attached hydrogens (tertiary/aromatic N) is 3. The minimum absolute atomic E-state index is 0.200. The average Bonchev–Trinajstić information content (AvgIpc) is 3.54. The van der Waals surface area contributed by atoms with Gasteiger partial charge in [-0.3, -0.25) is 14.2 Å². The molecule has 2 heterocycles. The third kappa shape index (κ3) is 3.94. The van der Waals surface area contributed by atoms with Crippen molar-refractivity contribution in [1.82, 2.24) is 9.78 Å². The monoisotopic (exact) mass is 468 g/mol. The molecule has 2 N–H and O–H groups in total. The fraction of sp³-hybridized carbons (Fsp3) is 0.417. The number of fused-ring (bicyclic) bond motifs is 1. The number of hydrogen-bond donors (Lipinski definition) is 2. The van der Waals surface area contributed by atoms with E-state index < -0.39 is 16.0 Å². The van der Waals surface area contributed by atoms with E-state index in [-0.39, 0.29) is 16.9 Å². The number of hydrogen-bond acceptors (Lipinski definition) is 5. The van der Waals surface area contributed by atoms with Crippen molar-refractivity contribution in [2.24, 2.45) is 5.92 Å². The lowest BCUT2D eigenvalue weighted by atomic mass is 10.1. The molecule has 3 aromatic rings. The van der Waals surface area contributed by atoms with Crippen molar-refractivity contribution in [3.63, 3.8) is 0 Å². The normalized spacial score (nSPS) is 19.4. The van der Waals surface area contributed by atoms with Crippen molar-refractivity contribution >= 4 is 38.1 Å². The second-order valence-corrected chi connectivity index (χ2v) is 10.7. The van der Waals surface area contributed by atoms with Gasteiger partial charge >= 0.3 is 5.97 Å². The Kier molecular flexibility index (Phi) is 5.52. The molecule has 0 unspecified atom stereocenters. The number of rotatable bonds is 6. The highest BCUT2D eigenvalue weighted by atomic mass is 32.2. The lowest BCUT2D eigenvalue weighted by molar-refractivity contribution is -0.140. The lowest BCUT2D eigenvalue weighted by Crippen LogP contribution is -2.23. The first-order valence-corrected chi connectivity index (χ1v) is 12.9. The number of anilines is 2. The Morgan fingerprint density at radius 1 is 1.09 bits per heavy atom. The van der Waals surface area contributed by atoms with Gasteiger partial charge in [0.2, 0.25) is 0 Å². The summed E-state index contributed by atoms with van der Waals surface area (Å²) in [6, 6.07) is 11.5. The number of nitrogens with one attached hydrogen (secondary N) is 1. The van der Waals surface area contributed by atoms with Crippen LogP contribution in [0.2, 0.25) is 0 Å². The largest absolute Gasteiger partial charge is 0.481 e. The lowest BCUT2D eigenvalue weighted by Gasteiger charge is -2.22. The molecule has 0 radical (unpaired) electrons. The molecule has 2 fully saturated rings. The zero-order valence-electron chi connectivity index (χ0n) is 18.6. The zero-order chi connectivity index (χ0) is 23.2. The van der Waals surface area contributed by atoms with Crippen LogP contribution >= 0.6 is 0 Å². The molecule has 1 atom stereocenters. The maximum absolute atomic E-state index is 13.3. The highest BCUT2D eigenvalue weighted by molar-refractivity contribution is 7.92. The molecule has 0 bridgehead atoms. The Balaban J connectivity index is 1.47. The van der Waals surface area contributed by atoms with Crippen molar-refractivity contribution in [2.45, 2.75) is 50.0 Å². The molecule has 33 heavy (non-hydrogen) atoms. The summed E-state index contributed by atoms with van der Waals surface area (Å²) in [5.41, 5.74) is 2.07. The molecule has 9 heteroatoms. The maximum atomic E-state index is 13.3. The molecular formula is C24H28N4O4S. The van der Waals surface area contributed by atoms with Gasteiger partial charge < -0.3 is 10.0 Å². The third-order valence-corrected chi connectivity index (χ3v) is 8.45. The molecule has 5 rings (SSSR count). The van der Waals surface area contributed by atoms with Crippen molar-refractivity contribution in [2.75, 3.05) is 22.7 Å². The number of carboxylic acid groups (broad SMARTS) is 1. The average molecular weight is 469 g/mol. The van der Waals surface area contributed by atoms with E-state index in [1.165, 1.54) is 6.20 Å². The van der Waals surface area contributed by atoms with Crippen LogP contribution in [0, 0.1) is 12.8 Å². The van der Waals surface area contributed by atoms with Crippen molar-refractivity contribution in [1.29, 1.82) is 0 Å². The molecule has 0 amide bonds. The van der Waals surface area contributed by atoms with Crippen LogP contribution in [-0.4, -0.2) is 42.4 Å². The van der Waals surface area contributed by atoms with Crippen LogP contribution in [0.25, 0.3) is 10.8 Å². The molecular weight excluding hydrogens is 440 g/mol. The first kappa shape index (κ1) is 21.8. The molecule has 1 aliphatic carbocycles. The van der Waals surface area contributed by atoms with Gasteiger partial charge in [0.15, 0.2) is 0 Å². The van der Waals surface area contributed by atoms with Crippen LogP contribution < -0.4 is 9.62 Å². The summed E-state index contributed by atoms with van der Waals surface area (Å²) in [6.45, 7) is 2.92. The second kappa shape index (κ2) is 8.37. The summed E-state index contributed by atoms with van der Waals surface area (Å²) in [6.07, 6.45) is 6.40. The van der Waals surface area contributed by atoms with E-state index in [0.29, 0.717) is 30.9 Å². The molecule has 1 saturated heterocycles. The summed E-state index contributed by atoms with van der Waals surface area (Å²) < 4.78 is 31.3. The van der Waals surface area contributed by atoms with Crippen LogP contribution in [-0.2, 0) is 14.8 Å². The fourth-order valence-electron chi connectivity index (χ4n) is 5.22. The second-order valence-electron chi connectivity index (χ2n) is 9.03. The molecule has 1 saturated carbocycles. The quantitative estimate of drug-likeness (QED) is 0.563. The molecule has 1 aliphatic heterocycles. The topological polar surface area (TPSA) is 105 Å². The molecule has 174 valence electrons. The van der Waals surface area contributed by atoms with Crippen molar-refractivity contribution in [3.8, 4) is 0 Å². The SMILES string of the molecule is Cc1c(S(=O)(=O)Nc2ccc(N3CC[C@H](C(=O)O)C3)c3ccccc23)cnn1C1CCCC1. The summed E-state index contributed by atoms with van der Waals surface area (Å²) in [7, 11) is -3.82. The first-order chi connectivity index (χ1) is 15.8. The van der Waals surface area contributed by atoms with E-state index in [9.17, 15) is 18.3 Å².